The van der Waals surface area contributed by atoms with E-state index >= 15 is 0 Å². The number of Topliss-reactive ketones (excluding diaryl/α,β-unsaturated/α-hetero) is 1. The molecule has 102 valence electrons. The van der Waals surface area contributed by atoms with Crippen LogP contribution in [0.25, 0.3) is 0 Å². The number of hydrogen-bond donors (Lipinski definition) is 1. The zero-order chi connectivity index (χ0) is 14.1. The van der Waals surface area contributed by atoms with E-state index in [0.29, 0.717) is 18.6 Å². The number of aliphatic carboxylic acids is 1. The van der Waals surface area contributed by atoms with Gasteiger partial charge in [-0.15, -0.1) is 11.8 Å². The predicted octanol–water partition coefficient (Wildman–Crippen LogP) is 3.24. The van der Waals surface area contributed by atoms with Gasteiger partial charge in [-0.25, -0.2) is 0 Å². The van der Waals surface area contributed by atoms with Crippen LogP contribution in [0, 0.1) is 10.8 Å². The molecule has 2 atom stereocenters. The summed E-state index contributed by atoms with van der Waals surface area (Å²) in [6.07, 6.45) is 1.02. The number of benzene rings is 1. The van der Waals surface area contributed by atoms with Crippen LogP contribution in [-0.4, -0.2) is 22.6 Å². The van der Waals surface area contributed by atoms with Gasteiger partial charge in [0.1, 0.15) is 5.41 Å². The fraction of sp³-hybridized carbons (Fsp3) is 0.467. The lowest BCUT2D eigenvalue weighted by Crippen LogP contribution is -2.45. The van der Waals surface area contributed by atoms with E-state index in [-0.39, 0.29) is 5.78 Å². The third-order valence-corrected chi connectivity index (χ3v) is 5.78. The van der Waals surface area contributed by atoms with Crippen molar-refractivity contribution in [3.05, 3.63) is 30.3 Å². The van der Waals surface area contributed by atoms with Gasteiger partial charge in [0.15, 0.2) is 5.78 Å². The second-order valence-electron chi connectivity index (χ2n) is 5.52. The highest BCUT2D eigenvalue weighted by Crippen LogP contribution is 2.52. The number of carboxylic acid groups (broad SMARTS) is 1. The summed E-state index contributed by atoms with van der Waals surface area (Å²) in [7, 11) is 0. The highest BCUT2D eigenvalue weighted by Gasteiger charge is 2.59. The van der Waals surface area contributed by atoms with Crippen LogP contribution in [-0.2, 0) is 9.59 Å². The van der Waals surface area contributed by atoms with Crippen LogP contribution in [0.2, 0.25) is 0 Å². The molecule has 0 radical (unpaired) electrons. The number of ketones is 1. The van der Waals surface area contributed by atoms with Gasteiger partial charge in [-0.3, -0.25) is 9.59 Å². The summed E-state index contributed by atoms with van der Waals surface area (Å²) in [5.41, 5.74) is -1.74. The fourth-order valence-corrected chi connectivity index (χ4v) is 3.85. The first-order chi connectivity index (χ1) is 8.90. The summed E-state index contributed by atoms with van der Waals surface area (Å²) >= 11 is 1.62. The summed E-state index contributed by atoms with van der Waals surface area (Å²) in [4.78, 5) is 24.6. The molecule has 1 aromatic rings. The van der Waals surface area contributed by atoms with Crippen LogP contribution in [0.3, 0.4) is 0 Å². The van der Waals surface area contributed by atoms with E-state index in [1.165, 1.54) is 0 Å². The Bertz CT molecular complexity index is 499. The van der Waals surface area contributed by atoms with E-state index in [0.717, 1.165) is 4.90 Å². The molecule has 1 N–H and O–H groups in total. The molecule has 1 aliphatic carbocycles. The van der Waals surface area contributed by atoms with Crippen molar-refractivity contribution < 1.29 is 14.7 Å². The van der Waals surface area contributed by atoms with E-state index in [1.54, 1.807) is 18.7 Å². The topological polar surface area (TPSA) is 54.4 Å². The van der Waals surface area contributed by atoms with Crippen LogP contribution in [0.4, 0.5) is 0 Å². The van der Waals surface area contributed by atoms with Gasteiger partial charge in [0.05, 0.1) is 0 Å². The van der Waals surface area contributed by atoms with E-state index < -0.39 is 16.8 Å². The monoisotopic (exact) mass is 278 g/mol. The number of carboxylic acids is 1. The van der Waals surface area contributed by atoms with Crippen molar-refractivity contribution in [2.24, 2.45) is 10.8 Å². The minimum absolute atomic E-state index is 0.142. The molecule has 0 bridgehead atoms. The SMILES string of the molecule is CC1(CSc2ccccc2)CCC(=O)C1(C)C(=O)O. The zero-order valence-corrected chi connectivity index (χ0v) is 12.0. The summed E-state index contributed by atoms with van der Waals surface area (Å²) in [5.74, 6) is -0.492. The number of thioether (sulfide) groups is 1. The lowest BCUT2D eigenvalue weighted by atomic mass is 9.69. The molecule has 0 aliphatic heterocycles. The number of carbonyl (C=O) groups is 2. The van der Waals surface area contributed by atoms with Gasteiger partial charge in [-0.1, -0.05) is 25.1 Å². The number of carbonyl (C=O) groups excluding carboxylic acids is 1. The van der Waals surface area contributed by atoms with Gasteiger partial charge in [0.25, 0.3) is 0 Å². The molecule has 19 heavy (non-hydrogen) atoms. The number of rotatable bonds is 4. The Balaban J connectivity index is 2.18. The molecule has 2 unspecified atom stereocenters. The smallest absolute Gasteiger partial charge is 0.317 e. The van der Waals surface area contributed by atoms with Crippen molar-refractivity contribution >= 4 is 23.5 Å². The molecule has 0 heterocycles. The summed E-state index contributed by atoms with van der Waals surface area (Å²) in [6.45, 7) is 3.50. The lowest BCUT2D eigenvalue weighted by Gasteiger charge is -2.36. The molecule has 0 saturated heterocycles. The molecular formula is C15H18O3S. The van der Waals surface area contributed by atoms with Crippen LogP contribution in [0.5, 0.6) is 0 Å². The van der Waals surface area contributed by atoms with Crippen molar-refractivity contribution in [2.45, 2.75) is 31.6 Å². The number of hydrogen-bond acceptors (Lipinski definition) is 3. The van der Waals surface area contributed by atoms with Crippen LogP contribution < -0.4 is 0 Å². The summed E-state index contributed by atoms with van der Waals surface area (Å²) in [6, 6.07) is 9.87. The predicted molar refractivity (Wildman–Crippen MR) is 75.3 cm³/mol. The van der Waals surface area contributed by atoms with Crippen LogP contribution in [0.1, 0.15) is 26.7 Å². The first kappa shape index (κ1) is 14.1. The molecular weight excluding hydrogens is 260 g/mol. The molecule has 4 heteroatoms. The van der Waals surface area contributed by atoms with E-state index in [4.69, 9.17) is 0 Å². The maximum absolute atomic E-state index is 12.0. The Labute approximate surface area is 117 Å². The van der Waals surface area contributed by atoms with Crippen molar-refractivity contribution in [3.8, 4) is 0 Å². The average molecular weight is 278 g/mol. The maximum Gasteiger partial charge on any atom is 0.317 e. The molecule has 1 fully saturated rings. The zero-order valence-electron chi connectivity index (χ0n) is 11.2. The fourth-order valence-electron chi connectivity index (χ4n) is 2.58. The van der Waals surface area contributed by atoms with Crippen molar-refractivity contribution in [1.82, 2.24) is 0 Å². The van der Waals surface area contributed by atoms with Gasteiger partial charge >= 0.3 is 5.97 Å². The quantitative estimate of drug-likeness (QED) is 0.678. The largest absolute Gasteiger partial charge is 0.480 e. The van der Waals surface area contributed by atoms with Crippen molar-refractivity contribution in [3.63, 3.8) is 0 Å². The summed E-state index contributed by atoms with van der Waals surface area (Å²) < 4.78 is 0. The molecule has 1 aliphatic rings. The highest BCUT2D eigenvalue weighted by atomic mass is 32.2. The van der Waals surface area contributed by atoms with Gasteiger partial charge < -0.3 is 5.11 Å². The third kappa shape index (κ3) is 2.29. The molecule has 1 aromatic carbocycles. The Morgan fingerprint density at radius 1 is 1.32 bits per heavy atom. The standard InChI is InChI=1S/C15H18O3S/c1-14(10-19-11-6-4-3-5-7-11)9-8-12(16)15(14,2)13(17)18/h3-7H,8-10H2,1-2H3,(H,17,18). The molecule has 1 saturated carbocycles. The highest BCUT2D eigenvalue weighted by molar-refractivity contribution is 7.99. The van der Waals surface area contributed by atoms with Gasteiger partial charge in [0, 0.05) is 22.5 Å². The van der Waals surface area contributed by atoms with Gasteiger partial charge in [-0.2, -0.15) is 0 Å². The molecule has 0 amide bonds. The minimum atomic E-state index is -1.26. The second-order valence-corrected chi connectivity index (χ2v) is 6.56. The first-order valence-electron chi connectivity index (χ1n) is 6.35. The Morgan fingerprint density at radius 3 is 2.53 bits per heavy atom. The molecule has 0 aromatic heterocycles. The van der Waals surface area contributed by atoms with E-state index in [2.05, 4.69) is 0 Å². The van der Waals surface area contributed by atoms with Crippen molar-refractivity contribution in [1.29, 1.82) is 0 Å². The average Bonchev–Trinajstić information content (AvgIpc) is 2.64. The Morgan fingerprint density at radius 2 is 1.95 bits per heavy atom. The molecule has 0 spiro atoms. The molecule has 2 rings (SSSR count). The van der Waals surface area contributed by atoms with Crippen LogP contribution in [0.15, 0.2) is 35.2 Å². The maximum atomic E-state index is 12.0. The Hall–Kier alpha value is -1.29. The summed E-state index contributed by atoms with van der Waals surface area (Å²) in [5, 5.41) is 9.45. The first-order valence-corrected chi connectivity index (χ1v) is 7.33. The Kier molecular flexibility index (Phi) is 3.72. The van der Waals surface area contributed by atoms with Gasteiger partial charge in [0.2, 0.25) is 0 Å². The second kappa shape index (κ2) is 5.00. The van der Waals surface area contributed by atoms with E-state index in [9.17, 15) is 14.7 Å². The third-order valence-electron chi connectivity index (χ3n) is 4.40. The normalized spacial score (nSPS) is 30.5. The van der Waals surface area contributed by atoms with Crippen molar-refractivity contribution in [2.75, 3.05) is 5.75 Å². The lowest BCUT2D eigenvalue weighted by molar-refractivity contribution is -0.157. The molecule has 3 nitrogen and oxygen atoms in total. The van der Waals surface area contributed by atoms with E-state index in [1.807, 2.05) is 37.3 Å². The minimum Gasteiger partial charge on any atom is -0.480 e. The van der Waals surface area contributed by atoms with Gasteiger partial charge in [-0.05, 0) is 25.5 Å². The van der Waals surface area contributed by atoms with Crippen LogP contribution >= 0.6 is 11.8 Å².